The van der Waals surface area contributed by atoms with Gasteiger partial charge in [0.2, 0.25) is 0 Å². The first-order valence-electron chi connectivity index (χ1n) is 7.30. The second kappa shape index (κ2) is 7.06. The van der Waals surface area contributed by atoms with Crippen LogP contribution >= 0.6 is 0 Å². The smallest absolute Gasteiger partial charge is 0.294 e. The van der Waals surface area contributed by atoms with Crippen molar-refractivity contribution in [2.45, 2.75) is 32.7 Å². The third-order valence-corrected chi connectivity index (χ3v) is 3.48. The second-order valence-corrected chi connectivity index (χ2v) is 5.10. The largest absolute Gasteiger partial charge is 0.490 e. The zero-order chi connectivity index (χ0) is 16.1. The number of aromatic nitrogens is 2. The highest BCUT2D eigenvalue weighted by Gasteiger charge is 2.15. The van der Waals surface area contributed by atoms with E-state index in [0.29, 0.717) is 12.4 Å². The number of nitrogens with two attached hydrogens (primary N) is 1. The first-order valence-corrected chi connectivity index (χ1v) is 7.30. The summed E-state index contributed by atoms with van der Waals surface area (Å²) < 4.78 is 19.7. The molecule has 1 atom stereocenters. The normalized spacial score (nSPS) is 12.1. The van der Waals surface area contributed by atoms with E-state index in [2.05, 4.69) is 5.10 Å². The Labute approximate surface area is 128 Å². The number of anilines is 1. The molecular formula is C16H20FN3O2. The molecule has 118 valence electrons. The van der Waals surface area contributed by atoms with Gasteiger partial charge < -0.3 is 10.5 Å². The van der Waals surface area contributed by atoms with Crippen LogP contribution in [-0.4, -0.2) is 16.4 Å². The van der Waals surface area contributed by atoms with Crippen molar-refractivity contribution in [3.63, 3.8) is 0 Å². The summed E-state index contributed by atoms with van der Waals surface area (Å²) in [5, 5.41) is 4.12. The molecule has 0 radical (unpaired) electrons. The highest BCUT2D eigenvalue weighted by molar-refractivity contribution is 5.48. The molecule has 6 heteroatoms. The lowest BCUT2D eigenvalue weighted by atomic mass is 10.1. The molecule has 1 aromatic heterocycles. The van der Waals surface area contributed by atoms with Gasteiger partial charge in [0.25, 0.3) is 5.56 Å². The zero-order valence-electron chi connectivity index (χ0n) is 12.8. The van der Waals surface area contributed by atoms with E-state index in [1.807, 2.05) is 6.92 Å². The quantitative estimate of drug-likeness (QED) is 0.833. The monoisotopic (exact) mass is 305 g/mol. The molecule has 2 rings (SSSR count). The van der Waals surface area contributed by atoms with Gasteiger partial charge in [0, 0.05) is 0 Å². The molecule has 0 aliphatic carbocycles. The molecule has 0 bridgehead atoms. The van der Waals surface area contributed by atoms with E-state index >= 15 is 0 Å². The molecule has 2 N–H and O–H groups in total. The fourth-order valence-electron chi connectivity index (χ4n) is 2.07. The lowest BCUT2D eigenvalue weighted by Crippen LogP contribution is -2.29. The average Bonchev–Trinajstić information content (AvgIpc) is 2.52. The minimum Gasteiger partial charge on any atom is -0.490 e. The molecule has 0 aliphatic rings. The summed E-state index contributed by atoms with van der Waals surface area (Å²) in [6, 6.07) is 5.59. The molecule has 22 heavy (non-hydrogen) atoms. The predicted octanol–water partition coefficient (Wildman–Crippen LogP) is 2.75. The lowest BCUT2D eigenvalue weighted by Gasteiger charge is -2.16. The molecule has 1 heterocycles. The molecule has 0 saturated heterocycles. The van der Waals surface area contributed by atoms with Gasteiger partial charge >= 0.3 is 0 Å². The van der Waals surface area contributed by atoms with E-state index < -0.39 is 5.56 Å². The van der Waals surface area contributed by atoms with Crippen molar-refractivity contribution < 1.29 is 9.13 Å². The summed E-state index contributed by atoms with van der Waals surface area (Å²) in [5.41, 5.74) is 6.25. The summed E-state index contributed by atoms with van der Waals surface area (Å²) in [7, 11) is 0. The van der Waals surface area contributed by atoms with Gasteiger partial charge in [0.15, 0.2) is 5.75 Å². The molecule has 1 unspecified atom stereocenters. The SMILES string of the molecule is CCCCOc1cnn(C(C)c2ccc(F)cc2)c(=O)c1N. The number of nitrogen functional groups attached to an aromatic ring is 1. The van der Waals surface area contributed by atoms with Crippen molar-refractivity contribution in [2.24, 2.45) is 0 Å². The van der Waals surface area contributed by atoms with Crippen LogP contribution in [0.2, 0.25) is 0 Å². The number of hydrogen-bond donors (Lipinski definition) is 1. The highest BCUT2D eigenvalue weighted by Crippen LogP contribution is 2.19. The number of rotatable bonds is 6. The fourth-order valence-corrected chi connectivity index (χ4v) is 2.07. The van der Waals surface area contributed by atoms with E-state index in [1.54, 1.807) is 19.1 Å². The minimum absolute atomic E-state index is 0.0417. The van der Waals surface area contributed by atoms with Gasteiger partial charge in [-0.15, -0.1) is 0 Å². The van der Waals surface area contributed by atoms with E-state index in [1.165, 1.54) is 23.0 Å². The molecule has 0 spiro atoms. The second-order valence-electron chi connectivity index (χ2n) is 5.10. The van der Waals surface area contributed by atoms with Gasteiger partial charge in [-0.3, -0.25) is 4.79 Å². The number of nitrogens with zero attached hydrogens (tertiary/aromatic N) is 2. The maximum atomic E-state index is 13.0. The van der Waals surface area contributed by atoms with Crippen molar-refractivity contribution in [1.82, 2.24) is 9.78 Å². The Hall–Kier alpha value is -2.37. The summed E-state index contributed by atoms with van der Waals surface area (Å²) in [5.74, 6) is -0.0172. The first kappa shape index (κ1) is 16.0. The highest BCUT2D eigenvalue weighted by atomic mass is 19.1. The summed E-state index contributed by atoms with van der Waals surface area (Å²) in [6.45, 7) is 4.35. The van der Waals surface area contributed by atoms with Crippen LogP contribution in [0.25, 0.3) is 0 Å². The van der Waals surface area contributed by atoms with Crippen molar-refractivity contribution in [2.75, 3.05) is 12.3 Å². The number of ether oxygens (including phenoxy) is 1. The Morgan fingerprint density at radius 1 is 1.36 bits per heavy atom. The fraction of sp³-hybridized carbons (Fsp3) is 0.375. The van der Waals surface area contributed by atoms with Crippen molar-refractivity contribution >= 4 is 5.69 Å². The summed E-state index contributed by atoms with van der Waals surface area (Å²) in [4.78, 5) is 12.3. The van der Waals surface area contributed by atoms with Crippen molar-refractivity contribution in [1.29, 1.82) is 0 Å². The van der Waals surface area contributed by atoms with Gasteiger partial charge in [0.05, 0.1) is 18.8 Å². The van der Waals surface area contributed by atoms with Crippen LogP contribution in [0.5, 0.6) is 5.75 Å². The average molecular weight is 305 g/mol. The topological polar surface area (TPSA) is 70.1 Å². The molecule has 0 fully saturated rings. The first-order chi connectivity index (χ1) is 10.5. The number of benzene rings is 1. The van der Waals surface area contributed by atoms with Crippen LogP contribution in [-0.2, 0) is 0 Å². The Morgan fingerprint density at radius 3 is 2.68 bits per heavy atom. The Bertz CT molecular complexity index is 683. The Balaban J connectivity index is 2.26. The van der Waals surface area contributed by atoms with Crippen LogP contribution < -0.4 is 16.0 Å². The lowest BCUT2D eigenvalue weighted by molar-refractivity contribution is 0.307. The van der Waals surface area contributed by atoms with E-state index in [9.17, 15) is 9.18 Å². The van der Waals surface area contributed by atoms with E-state index in [-0.39, 0.29) is 17.5 Å². The third-order valence-electron chi connectivity index (χ3n) is 3.48. The Kier molecular flexibility index (Phi) is 5.14. The molecule has 5 nitrogen and oxygen atoms in total. The summed E-state index contributed by atoms with van der Waals surface area (Å²) >= 11 is 0. The van der Waals surface area contributed by atoms with E-state index in [0.717, 1.165) is 18.4 Å². The zero-order valence-corrected chi connectivity index (χ0v) is 12.8. The van der Waals surface area contributed by atoms with Gasteiger partial charge in [-0.2, -0.15) is 5.10 Å². The van der Waals surface area contributed by atoms with Gasteiger partial charge in [0.1, 0.15) is 11.5 Å². The maximum absolute atomic E-state index is 13.0. The number of hydrogen-bond acceptors (Lipinski definition) is 4. The van der Waals surface area contributed by atoms with Gasteiger partial charge in [-0.25, -0.2) is 9.07 Å². The molecular weight excluding hydrogens is 285 g/mol. The van der Waals surface area contributed by atoms with Crippen LogP contribution in [0.1, 0.15) is 38.3 Å². The van der Waals surface area contributed by atoms with Crippen molar-refractivity contribution in [3.05, 3.63) is 52.2 Å². The predicted molar refractivity (Wildman–Crippen MR) is 83.5 cm³/mol. The van der Waals surface area contributed by atoms with Gasteiger partial charge in [-0.05, 0) is 31.0 Å². The van der Waals surface area contributed by atoms with Crippen LogP contribution in [0.4, 0.5) is 10.1 Å². The van der Waals surface area contributed by atoms with Crippen molar-refractivity contribution in [3.8, 4) is 5.75 Å². The molecule has 2 aromatic rings. The van der Waals surface area contributed by atoms with E-state index in [4.69, 9.17) is 10.5 Å². The number of unbranched alkanes of at least 4 members (excludes halogenated alkanes) is 1. The standard InChI is InChI=1S/C16H20FN3O2/c1-3-4-9-22-14-10-19-20(16(21)15(14)18)11(2)12-5-7-13(17)8-6-12/h5-8,10-11H,3-4,9,18H2,1-2H3. The maximum Gasteiger partial charge on any atom is 0.294 e. The minimum atomic E-state index is -0.411. The Morgan fingerprint density at radius 2 is 2.05 bits per heavy atom. The van der Waals surface area contributed by atoms with Crippen LogP contribution in [0, 0.1) is 5.82 Å². The summed E-state index contributed by atoms with van der Waals surface area (Å²) in [6.07, 6.45) is 3.33. The molecule has 0 saturated carbocycles. The molecule has 0 aliphatic heterocycles. The van der Waals surface area contributed by atoms with Gasteiger partial charge in [-0.1, -0.05) is 25.5 Å². The van der Waals surface area contributed by atoms with Crippen LogP contribution in [0.3, 0.4) is 0 Å². The van der Waals surface area contributed by atoms with Crippen LogP contribution in [0.15, 0.2) is 35.3 Å². The molecule has 0 amide bonds. The molecule has 1 aromatic carbocycles. The third kappa shape index (κ3) is 3.44. The number of halogens is 1.